The van der Waals surface area contributed by atoms with E-state index in [1.807, 2.05) is 30.0 Å². The Balaban J connectivity index is 2.30. The number of halogens is 1. The summed E-state index contributed by atoms with van der Waals surface area (Å²) >= 11 is 5.91. The SMILES string of the molecule is Cc1cc(Cl)ccc1N1CCNCCC1=O. The number of carbonyl (C=O) groups excluding carboxylic acids is 1. The van der Waals surface area contributed by atoms with Gasteiger partial charge in [0.1, 0.15) is 0 Å². The molecule has 1 fully saturated rings. The van der Waals surface area contributed by atoms with Crippen LogP contribution in [0.4, 0.5) is 5.69 Å². The standard InChI is InChI=1S/C12H15ClN2O/c1-9-8-10(13)2-3-11(9)15-7-6-14-5-4-12(15)16/h2-3,8,14H,4-7H2,1H3. The fourth-order valence-corrected chi connectivity index (χ4v) is 2.17. The molecule has 1 N–H and O–H groups in total. The van der Waals surface area contributed by atoms with E-state index in [4.69, 9.17) is 11.6 Å². The van der Waals surface area contributed by atoms with Crippen molar-refractivity contribution < 1.29 is 4.79 Å². The van der Waals surface area contributed by atoms with E-state index in [0.29, 0.717) is 11.4 Å². The average Bonchev–Trinajstić information content (AvgIpc) is 2.44. The lowest BCUT2D eigenvalue weighted by Crippen LogP contribution is -2.32. The summed E-state index contributed by atoms with van der Waals surface area (Å²) in [6.45, 7) is 4.31. The first-order chi connectivity index (χ1) is 7.68. The number of carbonyl (C=O) groups is 1. The Morgan fingerprint density at radius 3 is 2.94 bits per heavy atom. The van der Waals surface area contributed by atoms with E-state index in [9.17, 15) is 4.79 Å². The van der Waals surface area contributed by atoms with Gasteiger partial charge in [-0.2, -0.15) is 0 Å². The largest absolute Gasteiger partial charge is 0.314 e. The Morgan fingerprint density at radius 1 is 1.38 bits per heavy atom. The number of benzene rings is 1. The first-order valence-corrected chi connectivity index (χ1v) is 5.83. The van der Waals surface area contributed by atoms with E-state index >= 15 is 0 Å². The molecule has 2 rings (SSSR count). The fourth-order valence-electron chi connectivity index (χ4n) is 1.95. The van der Waals surface area contributed by atoms with Gasteiger partial charge in [-0.15, -0.1) is 0 Å². The Hall–Kier alpha value is -1.06. The average molecular weight is 239 g/mol. The molecule has 0 bridgehead atoms. The number of nitrogens with zero attached hydrogens (tertiary/aromatic N) is 1. The minimum absolute atomic E-state index is 0.176. The lowest BCUT2D eigenvalue weighted by Gasteiger charge is -2.22. The van der Waals surface area contributed by atoms with Crippen LogP contribution in [0.25, 0.3) is 0 Å². The van der Waals surface area contributed by atoms with Crippen LogP contribution < -0.4 is 10.2 Å². The number of aryl methyl sites for hydroxylation is 1. The number of hydrogen-bond donors (Lipinski definition) is 1. The van der Waals surface area contributed by atoms with Crippen LogP contribution in [0.5, 0.6) is 0 Å². The summed E-state index contributed by atoms with van der Waals surface area (Å²) in [5.41, 5.74) is 2.01. The number of rotatable bonds is 1. The molecule has 1 aliphatic heterocycles. The van der Waals surface area contributed by atoms with Crippen LogP contribution in [0, 0.1) is 6.92 Å². The predicted octanol–water partition coefficient (Wildman–Crippen LogP) is 1.97. The van der Waals surface area contributed by atoms with Gasteiger partial charge in [0, 0.05) is 36.8 Å². The maximum absolute atomic E-state index is 11.9. The van der Waals surface area contributed by atoms with Crippen molar-refractivity contribution in [2.45, 2.75) is 13.3 Å². The van der Waals surface area contributed by atoms with E-state index in [2.05, 4.69) is 5.32 Å². The second-order valence-electron chi connectivity index (χ2n) is 3.98. The Kier molecular flexibility index (Phi) is 3.46. The van der Waals surface area contributed by atoms with Gasteiger partial charge >= 0.3 is 0 Å². The Bertz CT molecular complexity index is 406. The summed E-state index contributed by atoms with van der Waals surface area (Å²) in [6, 6.07) is 5.64. The molecule has 1 heterocycles. The van der Waals surface area contributed by atoms with Crippen molar-refractivity contribution in [2.75, 3.05) is 24.5 Å². The van der Waals surface area contributed by atoms with Crippen molar-refractivity contribution in [3.05, 3.63) is 28.8 Å². The lowest BCUT2D eigenvalue weighted by atomic mass is 10.1. The second-order valence-corrected chi connectivity index (χ2v) is 4.41. The molecule has 0 saturated carbocycles. The highest BCUT2D eigenvalue weighted by Crippen LogP contribution is 2.24. The van der Waals surface area contributed by atoms with E-state index in [1.165, 1.54) is 0 Å². The topological polar surface area (TPSA) is 32.3 Å². The minimum Gasteiger partial charge on any atom is -0.314 e. The Morgan fingerprint density at radius 2 is 2.19 bits per heavy atom. The van der Waals surface area contributed by atoms with Gasteiger partial charge in [0.25, 0.3) is 0 Å². The van der Waals surface area contributed by atoms with E-state index < -0.39 is 0 Å². The van der Waals surface area contributed by atoms with Crippen LogP contribution in [-0.2, 0) is 4.79 Å². The molecule has 0 spiro atoms. The van der Waals surface area contributed by atoms with Crippen molar-refractivity contribution in [3.8, 4) is 0 Å². The van der Waals surface area contributed by atoms with Gasteiger partial charge in [-0.05, 0) is 30.7 Å². The summed E-state index contributed by atoms with van der Waals surface area (Å²) in [7, 11) is 0. The molecule has 0 radical (unpaired) electrons. The molecule has 0 aliphatic carbocycles. The van der Waals surface area contributed by atoms with Gasteiger partial charge in [-0.3, -0.25) is 4.79 Å². The zero-order valence-corrected chi connectivity index (χ0v) is 10.0. The minimum atomic E-state index is 0.176. The summed E-state index contributed by atoms with van der Waals surface area (Å²) in [5, 5.41) is 3.93. The second kappa shape index (κ2) is 4.85. The number of nitrogens with one attached hydrogen (secondary N) is 1. The lowest BCUT2D eigenvalue weighted by molar-refractivity contribution is -0.118. The molecule has 0 unspecified atom stereocenters. The monoisotopic (exact) mass is 238 g/mol. The summed E-state index contributed by atoms with van der Waals surface area (Å²) in [4.78, 5) is 13.7. The van der Waals surface area contributed by atoms with Crippen molar-refractivity contribution >= 4 is 23.2 Å². The molecule has 1 saturated heterocycles. The normalized spacial score (nSPS) is 17.4. The zero-order chi connectivity index (χ0) is 11.5. The Labute approximate surface area is 100 Å². The van der Waals surface area contributed by atoms with Crippen molar-refractivity contribution in [1.29, 1.82) is 0 Å². The summed E-state index contributed by atoms with van der Waals surface area (Å²) in [6.07, 6.45) is 0.558. The summed E-state index contributed by atoms with van der Waals surface area (Å²) < 4.78 is 0. The molecule has 1 aliphatic rings. The highest BCUT2D eigenvalue weighted by molar-refractivity contribution is 6.30. The molecular weight excluding hydrogens is 224 g/mol. The highest BCUT2D eigenvalue weighted by atomic mass is 35.5. The molecule has 3 nitrogen and oxygen atoms in total. The first-order valence-electron chi connectivity index (χ1n) is 5.46. The molecular formula is C12H15ClN2O. The van der Waals surface area contributed by atoms with Gasteiger partial charge in [-0.1, -0.05) is 11.6 Å². The molecule has 1 aromatic carbocycles. The van der Waals surface area contributed by atoms with E-state index in [0.717, 1.165) is 30.9 Å². The number of hydrogen-bond acceptors (Lipinski definition) is 2. The molecule has 4 heteroatoms. The molecule has 1 aromatic rings. The van der Waals surface area contributed by atoms with Crippen molar-refractivity contribution in [3.63, 3.8) is 0 Å². The third kappa shape index (κ3) is 2.36. The first kappa shape index (κ1) is 11.4. The maximum Gasteiger partial charge on any atom is 0.228 e. The highest BCUT2D eigenvalue weighted by Gasteiger charge is 2.19. The smallest absolute Gasteiger partial charge is 0.228 e. The number of amides is 1. The fraction of sp³-hybridized carbons (Fsp3) is 0.417. The molecule has 0 aromatic heterocycles. The van der Waals surface area contributed by atoms with Crippen molar-refractivity contribution in [1.82, 2.24) is 5.32 Å². The maximum atomic E-state index is 11.9. The van der Waals surface area contributed by atoms with Crippen LogP contribution in [0.2, 0.25) is 5.02 Å². The molecule has 16 heavy (non-hydrogen) atoms. The van der Waals surface area contributed by atoms with Gasteiger partial charge in [-0.25, -0.2) is 0 Å². The van der Waals surface area contributed by atoms with E-state index in [1.54, 1.807) is 0 Å². The number of anilines is 1. The third-order valence-electron chi connectivity index (χ3n) is 2.78. The molecule has 86 valence electrons. The van der Waals surface area contributed by atoms with Crippen molar-refractivity contribution in [2.24, 2.45) is 0 Å². The molecule has 1 amide bonds. The van der Waals surface area contributed by atoms with E-state index in [-0.39, 0.29) is 5.91 Å². The van der Waals surface area contributed by atoms with Gasteiger partial charge < -0.3 is 10.2 Å². The van der Waals surface area contributed by atoms with Gasteiger partial charge in [0.05, 0.1) is 0 Å². The van der Waals surface area contributed by atoms with Gasteiger partial charge in [0.15, 0.2) is 0 Å². The predicted molar refractivity (Wildman–Crippen MR) is 66.0 cm³/mol. The van der Waals surface area contributed by atoms with Crippen LogP contribution in [0.3, 0.4) is 0 Å². The van der Waals surface area contributed by atoms with Crippen LogP contribution in [0.1, 0.15) is 12.0 Å². The van der Waals surface area contributed by atoms with Gasteiger partial charge in [0.2, 0.25) is 5.91 Å². The zero-order valence-electron chi connectivity index (χ0n) is 9.29. The molecule has 0 atom stereocenters. The third-order valence-corrected chi connectivity index (χ3v) is 3.01. The van der Waals surface area contributed by atoms with Crippen LogP contribution in [-0.4, -0.2) is 25.5 Å². The van der Waals surface area contributed by atoms with Crippen LogP contribution in [0.15, 0.2) is 18.2 Å². The van der Waals surface area contributed by atoms with Crippen LogP contribution >= 0.6 is 11.6 Å². The quantitative estimate of drug-likeness (QED) is 0.812. The summed E-state index contributed by atoms with van der Waals surface area (Å²) in [5.74, 6) is 0.176.